The Bertz CT molecular complexity index is 630. The molecule has 24 heavy (non-hydrogen) atoms. The van der Waals surface area contributed by atoms with Gasteiger partial charge in [-0.3, -0.25) is 10.1 Å². The smallest absolute Gasteiger partial charge is 0.335 e. The maximum Gasteiger partial charge on any atom is 0.335 e. The zero-order chi connectivity index (χ0) is 17.2. The standard InChI is InChI=1S/C18H23NO5/c20-17(21)13-8-9-15(19(22)23)16(12-13)24-18(10-4-5-11-18)14-6-2-1-3-7-14/h8-9,12,14H,1-7,10-11H2,(H,20,21). The number of hydrogen-bond donors (Lipinski definition) is 1. The van der Waals surface area contributed by atoms with Crippen LogP contribution in [0, 0.1) is 16.0 Å². The second kappa shape index (κ2) is 6.79. The first-order valence-electron chi connectivity index (χ1n) is 8.73. The lowest BCUT2D eigenvalue weighted by Crippen LogP contribution is -2.42. The van der Waals surface area contributed by atoms with Gasteiger partial charge in [0.2, 0.25) is 0 Å². The molecule has 0 unspecified atom stereocenters. The molecule has 0 aliphatic heterocycles. The predicted molar refractivity (Wildman–Crippen MR) is 88.5 cm³/mol. The van der Waals surface area contributed by atoms with Crippen LogP contribution in [0.3, 0.4) is 0 Å². The van der Waals surface area contributed by atoms with E-state index in [0.717, 1.165) is 38.5 Å². The maximum atomic E-state index is 11.3. The van der Waals surface area contributed by atoms with Crippen LogP contribution in [0.2, 0.25) is 0 Å². The van der Waals surface area contributed by atoms with Gasteiger partial charge in [-0.15, -0.1) is 0 Å². The lowest BCUT2D eigenvalue weighted by molar-refractivity contribution is -0.386. The van der Waals surface area contributed by atoms with Gasteiger partial charge in [-0.25, -0.2) is 4.79 Å². The molecule has 0 heterocycles. The van der Waals surface area contributed by atoms with Gasteiger partial charge in [0.1, 0.15) is 5.60 Å². The van der Waals surface area contributed by atoms with Crippen LogP contribution in [-0.2, 0) is 0 Å². The molecule has 2 saturated carbocycles. The highest BCUT2D eigenvalue weighted by molar-refractivity contribution is 5.88. The summed E-state index contributed by atoms with van der Waals surface area (Å²) < 4.78 is 6.28. The number of nitro groups is 1. The second-order valence-corrected chi connectivity index (χ2v) is 6.95. The van der Waals surface area contributed by atoms with E-state index in [-0.39, 0.29) is 22.6 Å². The van der Waals surface area contributed by atoms with Gasteiger partial charge in [0, 0.05) is 12.1 Å². The van der Waals surface area contributed by atoms with Gasteiger partial charge in [0.05, 0.1) is 10.5 Å². The average Bonchev–Trinajstić information content (AvgIpc) is 3.05. The van der Waals surface area contributed by atoms with E-state index in [0.29, 0.717) is 5.92 Å². The number of nitrogens with zero attached hydrogens (tertiary/aromatic N) is 1. The first-order valence-corrected chi connectivity index (χ1v) is 8.73. The Kier molecular flexibility index (Phi) is 4.73. The molecule has 1 N–H and O–H groups in total. The molecule has 0 aromatic heterocycles. The molecule has 2 aliphatic rings. The number of ether oxygens (including phenoxy) is 1. The van der Waals surface area contributed by atoms with Gasteiger partial charge in [0.15, 0.2) is 5.75 Å². The van der Waals surface area contributed by atoms with E-state index in [1.807, 2.05) is 0 Å². The molecule has 0 amide bonds. The van der Waals surface area contributed by atoms with Gasteiger partial charge in [-0.2, -0.15) is 0 Å². The summed E-state index contributed by atoms with van der Waals surface area (Å²) in [6.45, 7) is 0. The van der Waals surface area contributed by atoms with Crippen LogP contribution in [-0.4, -0.2) is 21.6 Å². The molecular weight excluding hydrogens is 310 g/mol. The van der Waals surface area contributed by atoms with Gasteiger partial charge < -0.3 is 9.84 Å². The van der Waals surface area contributed by atoms with Gasteiger partial charge >= 0.3 is 11.7 Å². The molecule has 0 spiro atoms. The van der Waals surface area contributed by atoms with Crippen molar-refractivity contribution in [2.45, 2.75) is 63.4 Å². The van der Waals surface area contributed by atoms with Crippen molar-refractivity contribution in [1.82, 2.24) is 0 Å². The Balaban J connectivity index is 1.95. The largest absolute Gasteiger partial charge is 0.480 e. The predicted octanol–water partition coefficient (Wildman–Crippen LogP) is 4.56. The summed E-state index contributed by atoms with van der Waals surface area (Å²) in [6.07, 6.45) is 9.67. The summed E-state index contributed by atoms with van der Waals surface area (Å²) in [5.41, 5.74) is -0.503. The first-order chi connectivity index (χ1) is 11.5. The quantitative estimate of drug-likeness (QED) is 0.630. The first kappa shape index (κ1) is 16.7. The van der Waals surface area contributed by atoms with Crippen molar-refractivity contribution in [3.8, 4) is 5.75 Å². The van der Waals surface area contributed by atoms with Crippen molar-refractivity contribution in [2.24, 2.45) is 5.92 Å². The Labute approximate surface area is 141 Å². The van der Waals surface area contributed by atoms with E-state index < -0.39 is 10.9 Å². The fourth-order valence-corrected chi connectivity index (χ4v) is 4.29. The van der Waals surface area contributed by atoms with Crippen molar-refractivity contribution in [2.75, 3.05) is 0 Å². The summed E-state index contributed by atoms with van der Waals surface area (Å²) in [5.74, 6) is -0.595. The van der Waals surface area contributed by atoms with E-state index >= 15 is 0 Å². The third-order valence-electron chi connectivity index (χ3n) is 5.52. The minimum Gasteiger partial charge on any atom is -0.480 e. The summed E-state index contributed by atoms with van der Waals surface area (Å²) in [6, 6.07) is 3.81. The topological polar surface area (TPSA) is 89.7 Å². The van der Waals surface area contributed by atoms with Crippen LogP contribution in [0.15, 0.2) is 18.2 Å². The summed E-state index contributed by atoms with van der Waals surface area (Å²) in [4.78, 5) is 22.1. The molecule has 0 radical (unpaired) electrons. The monoisotopic (exact) mass is 333 g/mol. The van der Waals surface area contributed by atoms with Crippen LogP contribution in [0.1, 0.15) is 68.1 Å². The summed E-state index contributed by atoms with van der Waals surface area (Å²) in [7, 11) is 0. The Hall–Kier alpha value is -2.11. The molecule has 2 aliphatic carbocycles. The molecule has 6 nitrogen and oxygen atoms in total. The number of rotatable bonds is 5. The number of aromatic carboxylic acids is 1. The third kappa shape index (κ3) is 3.23. The lowest BCUT2D eigenvalue weighted by atomic mass is 9.75. The Morgan fingerprint density at radius 2 is 1.83 bits per heavy atom. The van der Waals surface area contributed by atoms with Gasteiger partial charge in [0.25, 0.3) is 0 Å². The number of hydrogen-bond acceptors (Lipinski definition) is 4. The molecule has 1 aromatic rings. The third-order valence-corrected chi connectivity index (χ3v) is 5.52. The van der Waals surface area contributed by atoms with Crippen LogP contribution < -0.4 is 4.74 Å². The van der Waals surface area contributed by atoms with Crippen molar-refractivity contribution in [3.63, 3.8) is 0 Å². The number of nitro benzene ring substituents is 1. The van der Waals surface area contributed by atoms with Crippen LogP contribution in [0.5, 0.6) is 5.75 Å². The van der Waals surface area contributed by atoms with Gasteiger partial charge in [-0.05, 0) is 50.5 Å². The normalized spacial score (nSPS) is 20.7. The molecule has 6 heteroatoms. The van der Waals surface area contributed by atoms with Crippen LogP contribution in [0.4, 0.5) is 5.69 Å². The SMILES string of the molecule is O=C(O)c1ccc([N+](=O)[O-])c(OC2(C3CCCCC3)CCCC2)c1. The van der Waals surface area contributed by atoms with E-state index in [4.69, 9.17) is 4.74 Å². The van der Waals surface area contributed by atoms with Crippen molar-refractivity contribution in [1.29, 1.82) is 0 Å². The molecule has 3 rings (SSSR count). The number of carbonyl (C=O) groups is 1. The van der Waals surface area contributed by atoms with E-state index in [9.17, 15) is 20.0 Å². The Morgan fingerprint density at radius 3 is 2.42 bits per heavy atom. The Morgan fingerprint density at radius 1 is 1.17 bits per heavy atom. The van der Waals surface area contributed by atoms with E-state index in [1.165, 1.54) is 37.5 Å². The number of carboxylic acids is 1. The molecule has 0 bridgehead atoms. The zero-order valence-corrected chi connectivity index (χ0v) is 13.7. The maximum absolute atomic E-state index is 11.3. The molecule has 0 saturated heterocycles. The fourth-order valence-electron chi connectivity index (χ4n) is 4.29. The fraction of sp³-hybridized carbons (Fsp3) is 0.611. The minimum atomic E-state index is -1.10. The highest BCUT2D eigenvalue weighted by Gasteiger charge is 2.44. The van der Waals surface area contributed by atoms with Gasteiger partial charge in [-0.1, -0.05) is 19.3 Å². The van der Waals surface area contributed by atoms with Crippen LogP contribution in [0.25, 0.3) is 0 Å². The van der Waals surface area contributed by atoms with Crippen molar-refractivity contribution >= 4 is 11.7 Å². The van der Waals surface area contributed by atoms with E-state index in [2.05, 4.69) is 0 Å². The highest BCUT2D eigenvalue weighted by Crippen LogP contribution is 2.47. The molecule has 0 atom stereocenters. The number of carboxylic acid groups (broad SMARTS) is 1. The molecular formula is C18H23NO5. The van der Waals surface area contributed by atoms with Crippen molar-refractivity contribution < 1.29 is 19.6 Å². The zero-order valence-electron chi connectivity index (χ0n) is 13.7. The minimum absolute atomic E-state index is 0.0207. The highest BCUT2D eigenvalue weighted by atomic mass is 16.6. The van der Waals surface area contributed by atoms with E-state index in [1.54, 1.807) is 0 Å². The summed E-state index contributed by atoms with van der Waals surface area (Å²) >= 11 is 0. The van der Waals surface area contributed by atoms with Crippen molar-refractivity contribution in [3.05, 3.63) is 33.9 Å². The average molecular weight is 333 g/mol. The summed E-state index contributed by atoms with van der Waals surface area (Å²) in [5, 5.41) is 20.5. The molecule has 130 valence electrons. The lowest BCUT2D eigenvalue weighted by Gasteiger charge is -2.40. The second-order valence-electron chi connectivity index (χ2n) is 6.95. The molecule has 2 fully saturated rings. The number of benzene rings is 1. The molecule has 1 aromatic carbocycles. The van der Waals surface area contributed by atoms with Crippen LogP contribution >= 0.6 is 0 Å².